The van der Waals surface area contributed by atoms with Crippen LogP contribution < -0.4 is 20.6 Å². The summed E-state index contributed by atoms with van der Waals surface area (Å²) in [4.78, 5) is 9.54. The molecule has 1 N–H and O–H groups in total. The summed E-state index contributed by atoms with van der Waals surface area (Å²) in [5, 5.41) is 3.70. The fraction of sp³-hybridized carbons (Fsp3) is 0.152. The first kappa shape index (κ1) is 28.6. The van der Waals surface area contributed by atoms with Gasteiger partial charge in [-0.1, -0.05) is 0 Å². The molecule has 0 fully saturated rings. The van der Waals surface area contributed by atoms with Gasteiger partial charge in [0.15, 0.2) is 0 Å². The van der Waals surface area contributed by atoms with E-state index in [0.717, 1.165) is 17.5 Å². The van der Waals surface area contributed by atoms with E-state index in [9.17, 15) is 12.8 Å². The van der Waals surface area contributed by atoms with Gasteiger partial charge in [0, 0.05) is 0 Å². The fourth-order valence-electron chi connectivity index (χ4n) is 5.45. The molecular formula is C33H33FN3O2PS. The summed E-state index contributed by atoms with van der Waals surface area (Å²) in [6.07, 6.45) is 1.69. The van der Waals surface area contributed by atoms with Gasteiger partial charge in [-0.05, 0) is 0 Å². The zero-order valence-corrected chi connectivity index (χ0v) is 25.1. The summed E-state index contributed by atoms with van der Waals surface area (Å²) >= 11 is 0. The molecule has 0 aliphatic rings. The van der Waals surface area contributed by atoms with Crippen LogP contribution >= 0.6 is 7.26 Å². The molecule has 0 aliphatic heterocycles. The SMILES string of the molecule is CC(C)c1nc(NS(C)(=O)=O)nc(-c2ccc(F)cc2)c1C[PH](c1ccccc1)(c1ccccc1)c1ccccc1. The number of nitrogens with zero attached hydrogens (tertiary/aromatic N) is 2. The van der Waals surface area contributed by atoms with Crippen LogP contribution in [0, 0.1) is 5.82 Å². The van der Waals surface area contributed by atoms with Crippen molar-refractivity contribution in [3.05, 3.63) is 132 Å². The average Bonchev–Trinajstić information content (AvgIpc) is 2.97. The van der Waals surface area contributed by atoms with E-state index in [1.807, 2.05) is 32.0 Å². The van der Waals surface area contributed by atoms with E-state index in [-0.39, 0.29) is 17.7 Å². The number of sulfonamides is 1. The molecule has 210 valence electrons. The molecule has 1 aromatic heterocycles. The molecule has 0 saturated carbocycles. The quantitative estimate of drug-likeness (QED) is 0.215. The third kappa shape index (κ3) is 6.22. The third-order valence-electron chi connectivity index (χ3n) is 7.22. The normalized spacial score (nSPS) is 12.3. The maximum atomic E-state index is 14.0. The minimum absolute atomic E-state index is 0.00525. The van der Waals surface area contributed by atoms with Crippen molar-refractivity contribution in [1.29, 1.82) is 0 Å². The molecule has 0 aliphatic carbocycles. The van der Waals surface area contributed by atoms with Crippen LogP contribution in [-0.2, 0) is 16.2 Å². The first-order chi connectivity index (χ1) is 19.7. The number of anilines is 1. The molecule has 1 heterocycles. The maximum absolute atomic E-state index is 14.0. The van der Waals surface area contributed by atoms with Crippen LogP contribution in [0.1, 0.15) is 31.0 Å². The second-order valence-electron chi connectivity index (χ2n) is 10.5. The van der Waals surface area contributed by atoms with E-state index in [1.165, 1.54) is 28.0 Å². The molecule has 41 heavy (non-hydrogen) atoms. The minimum atomic E-state index is -3.63. The molecule has 0 unspecified atom stereocenters. The summed E-state index contributed by atoms with van der Waals surface area (Å²) in [5.74, 6) is -0.392. The number of nitrogens with one attached hydrogen (secondary N) is 1. The Morgan fingerprint density at radius 3 is 1.61 bits per heavy atom. The van der Waals surface area contributed by atoms with Crippen LogP contribution in [0.3, 0.4) is 0 Å². The van der Waals surface area contributed by atoms with Crippen LogP contribution in [0.4, 0.5) is 10.3 Å². The molecule has 4 aromatic carbocycles. The molecule has 8 heteroatoms. The number of hydrogen-bond donors (Lipinski definition) is 1. The van der Waals surface area contributed by atoms with Gasteiger partial charge in [0.05, 0.1) is 0 Å². The van der Waals surface area contributed by atoms with E-state index in [0.29, 0.717) is 17.4 Å². The first-order valence-electron chi connectivity index (χ1n) is 13.5. The molecule has 0 atom stereocenters. The predicted octanol–water partition coefficient (Wildman–Crippen LogP) is 6.00. The number of hydrogen-bond acceptors (Lipinski definition) is 4. The molecule has 5 rings (SSSR count). The molecule has 0 bridgehead atoms. The average molecular weight is 586 g/mol. The molecule has 0 saturated heterocycles. The topological polar surface area (TPSA) is 72.0 Å². The molecule has 5 aromatic rings. The monoisotopic (exact) mass is 585 g/mol. The van der Waals surface area contributed by atoms with Gasteiger partial charge in [0.2, 0.25) is 0 Å². The van der Waals surface area contributed by atoms with Gasteiger partial charge in [-0.25, -0.2) is 0 Å². The fourth-order valence-corrected chi connectivity index (χ4v) is 10.6. The van der Waals surface area contributed by atoms with Gasteiger partial charge in [-0.15, -0.1) is 0 Å². The second-order valence-corrected chi connectivity index (χ2v) is 16.1. The number of rotatable bonds is 9. The summed E-state index contributed by atoms with van der Waals surface area (Å²) < 4.78 is 40.9. The van der Waals surface area contributed by atoms with E-state index < -0.39 is 17.3 Å². The summed E-state index contributed by atoms with van der Waals surface area (Å²) in [6, 6.07) is 37.8. The van der Waals surface area contributed by atoms with Gasteiger partial charge in [-0.2, -0.15) is 0 Å². The van der Waals surface area contributed by atoms with Crippen molar-refractivity contribution in [1.82, 2.24) is 9.97 Å². The van der Waals surface area contributed by atoms with E-state index >= 15 is 0 Å². The zero-order chi connectivity index (χ0) is 29.0. The molecule has 0 radical (unpaired) electrons. The summed E-state index contributed by atoms with van der Waals surface area (Å²) in [7, 11) is -6.40. The summed E-state index contributed by atoms with van der Waals surface area (Å²) in [6.45, 7) is 4.09. The Morgan fingerprint density at radius 1 is 0.732 bits per heavy atom. The van der Waals surface area contributed by atoms with Gasteiger partial charge in [0.25, 0.3) is 0 Å². The first-order valence-corrected chi connectivity index (χ1v) is 17.6. The zero-order valence-electron chi connectivity index (χ0n) is 23.3. The Kier molecular flexibility index (Phi) is 8.30. The van der Waals surface area contributed by atoms with Crippen molar-refractivity contribution in [2.45, 2.75) is 25.9 Å². The Bertz CT molecular complexity index is 1640. The summed E-state index contributed by atoms with van der Waals surface area (Å²) in [5.41, 5.74) is 2.97. The van der Waals surface area contributed by atoms with Crippen LogP contribution in [-0.4, -0.2) is 24.6 Å². The molecule has 5 nitrogen and oxygen atoms in total. The van der Waals surface area contributed by atoms with Gasteiger partial charge >= 0.3 is 242 Å². The van der Waals surface area contributed by atoms with Gasteiger partial charge in [-0.3, -0.25) is 0 Å². The van der Waals surface area contributed by atoms with Crippen LogP contribution in [0.5, 0.6) is 0 Å². The van der Waals surface area contributed by atoms with Crippen LogP contribution in [0.2, 0.25) is 0 Å². The van der Waals surface area contributed by atoms with E-state index in [4.69, 9.17) is 9.97 Å². The molecular weight excluding hydrogens is 552 g/mol. The van der Waals surface area contributed by atoms with E-state index in [1.54, 1.807) is 12.1 Å². The third-order valence-corrected chi connectivity index (χ3v) is 12.6. The Labute approximate surface area is 241 Å². The van der Waals surface area contributed by atoms with Gasteiger partial charge in [0.1, 0.15) is 0 Å². The second kappa shape index (κ2) is 11.9. The Balaban J connectivity index is 1.87. The van der Waals surface area contributed by atoms with Crippen molar-refractivity contribution >= 4 is 39.1 Å². The Morgan fingerprint density at radius 2 is 1.20 bits per heavy atom. The van der Waals surface area contributed by atoms with Crippen molar-refractivity contribution in [2.75, 3.05) is 11.0 Å². The Hall–Kier alpha value is -3.93. The number of halogens is 1. The van der Waals surface area contributed by atoms with Crippen molar-refractivity contribution in [3.63, 3.8) is 0 Å². The molecule has 0 spiro atoms. The van der Waals surface area contributed by atoms with Crippen LogP contribution in [0.25, 0.3) is 11.3 Å². The number of aromatic nitrogens is 2. The van der Waals surface area contributed by atoms with Crippen molar-refractivity contribution in [2.24, 2.45) is 0 Å². The van der Waals surface area contributed by atoms with E-state index in [2.05, 4.69) is 77.5 Å². The van der Waals surface area contributed by atoms with Crippen molar-refractivity contribution in [3.8, 4) is 11.3 Å². The van der Waals surface area contributed by atoms with Gasteiger partial charge < -0.3 is 0 Å². The number of benzene rings is 4. The van der Waals surface area contributed by atoms with Crippen molar-refractivity contribution < 1.29 is 12.8 Å². The standard InChI is InChI=1S/C33H33FN3O2PS/c1-24(2)31-30(32(25-19-21-26(34)22-20-25)36-33(35-31)37-41(3,38)39)23-40(27-13-7-4-8-14-27,28-15-9-5-10-16-28)29-17-11-6-12-18-29/h4-22,24,40H,23H2,1-3H3,(H,35,36,37). The predicted molar refractivity (Wildman–Crippen MR) is 170 cm³/mol. The molecule has 0 amide bonds. The van der Waals surface area contributed by atoms with Crippen LogP contribution in [0.15, 0.2) is 115 Å².